The van der Waals surface area contributed by atoms with Crippen molar-refractivity contribution in [3.63, 3.8) is 0 Å². The number of hydrogen-bond donors (Lipinski definition) is 0. The fourth-order valence-electron chi connectivity index (χ4n) is 4.09. The quantitative estimate of drug-likeness (QED) is 0.211. The van der Waals surface area contributed by atoms with E-state index in [1.54, 1.807) is 0 Å². The highest BCUT2D eigenvalue weighted by Crippen LogP contribution is 2.40. The Balaban J connectivity index is 1.62. The smallest absolute Gasteiger partial charge is 0.138 e. The van der Waals surface area contributed by atoms with Crippen LogP contribution in [-0.4, -0.2) is 0 Å². The maximum atomic E-state index is 6.11. The molecule has 1 nitrogen and oxygen atoms in total. The second kappa shape index (κ2) is 6.06. The van der Waals surface area contributed by atoms with Crippen LogP contribution in [0.25, 0.3) is 53.2 Å². The van der Waals surface area contributed by atoms with E-state index in [1.165, 1.54) is 51.2 Å². The molecule has 134 valence electrons. The second-order valence-electron chi connectivity index (χ2n) is 7.19. The van der Waals surface area contributed by atoms with Crippen LogP contribution in [0.4, 0.5) is 0 Å². The Kier molecular flexibility index (Phi) is 3.59. The van der Waals surface area contributed by atoms with Crippen molar-refractivity contribution in [2.45, 2.75) is 6.92 Å². The molecule has 0 unspecified atom stereocenters. The summed E-state index contributed by atoms with van der Waals surface area (Å²) in [5.41, 5.74) is 5.60. The summed E-state index contributed by atoms with van der Waals surface area (Å²) in [7, 11) is 0. The van der Waals surface area contributed by atoms with Gasteiger partial charge in [-0.2, -0.15) is 0 Å². The SMILES string of the molecule is Cc1cccc2c1oc1ccc(-c3cc(I)c4c(c3)sc3ccccc34)cc12. The molecule has 0 N–H and O–H groups in total. The first-order valence-electron chi connectivity index (χ1n) is 9.22. The van der Waals surface area contributed by atoms with Crippen molar-refractivity contribution in [2.75, 3.05) is 0 Å². The average Bonchev–Trinajstić information content (AvgIpc) is 3.26. The molecule has 0 aliphatic heterocycles. The lowest BCUT2D eigenvalue weighted by atomic mass is 10.0. The summed E-state index contributed by atoms with van der Waals surface area (Å²) in [5, 5.41) is 5.10. The van der Waals surface area contributed by atoms with Gasteiger partial charge in [0.25, 0.3) is 0 Å². The highest BCUT2D eigenvalue weighted by molar-refractivity contribution is 14.1. The molecule has 0 saturated heterocycles. The minimum absolute atomic E-state index is 0.950. The van der Waals surface area contributed by atoms with Gasteiger partial charge in [-0.25, -0.2) is 0 Å². The summed E-state index contributed by atoms with van der Waals surface area (Å²) in [6.45, 7) is 2.10. The topological polar surface area (TPSA) is 13.1 Å². The monoisotopic (exact) mass is 490 g/mol. The van der Waals surface area contributed by atoms with Gasteiger partial charge >= 0.3 is 0 Å². The van der Waals surface area contributed by atoms with Crippen LogP contribution in [0.1, 0.15) is 5.56 Å². The van der Waals surface area contributed by atoms with Gasteiger partial charge in [0.05, 0.1) is 0 Å². The molecule has 0 spiro atoms. The van der Waals surface area contributed by atoms with Crippen molar-refractivity contribution in [3.8, 4) is 11.1 Å². The predicted molar refractivity (Wildman–Crippen MR) is 129 cm³/mol. The van der Waals surface area contributed by atoms with E-state index in [4.69, 9.17) is 4.42 Å². The molecule has 6 rings (SSSR count). The number of para-hydroxylation sites is 1. The highest BCUT2D eigenvalue weighted by atomic mass is 127. The van der Waals surface area contributed by atoms with Gasteiger partial charge in [0.15, 0.2) is 0 Å². The van der Waals surface area contributed by atoms with Crippen LogP contribution in [0.5, 0.6) is 0 Å². The molecule has 0 aliphatic carbocycles. The third-order valence-electron chi connectivity index (χ3n) is 5.46. The fourth-order valence-corrected chi connectivity index (χ4v) is 6.36. The molecule has 4 aromatic carbocycles. The van der Waals surface area contributed by atoms with E-state index in [1.807, 2.05) is 11.3 Å². The number of aryl methyl sites for hydroxylation is 1. The highest BCUT2D eigenvalue weighted by Gasteiger charge is 2.13. The van der Waals surface area contributed by atoms with Gasteiger partial charge in [0.2, 0.25) is 0 Å². The van der Waals surface area contributed by atoms with Crippen LogP contribution < -0.4 is 0 Å². The Morgan fingerprint density at radius 2 is 1.61 bits per heavy atom. The summed E-state index contributed by atoms with van der Waals surface area (Å²) in [5.74, 6) is 0. The van der Waals surface area contributed by atoms with Crippen LogP contribution in [0.2, 0.25) is 0 Å². The number of fused-ring (bicyclic) bond motifs is 6. The molecule has 0 fully saturated rings. The number of hydrogen-bond acceptors (Lipinski definition) is 2. The Morgan fingerprint density at radius 3 is 2.54 bits per heavy atom. The molecule has 6 aromatic rings. The minimum atomic E-state index is 0.950. The van der Waals surface area contributed by atoms with Crippen molar-refractivity contribution in [1.82, 2.24) is 0 Å². The Labute approximate surface area is 179 Å². The van der Waals surface area contributed by atoms with Gasteiger partial charge in [-0.05, 0) is 76.5 Å². The summed E-state index contributed by atoms with van der Waals surface area (Å²) in [6.07, 6.45) is 0. The van der Waals surface area contributed by atoms with Gasteiger partial charge < -0.3 is 4.42 Å². The third kappa shape index (κ3) is 2.36. The average molecular weight is 490 g/mol. The molecule has 0 bridgehead atoms. The zero-order chi connectivity index (χ0) is 18.8. The van der Waals surface area contributed by atoms with Gasteiger partial charge in [-0.3, -0.25) is 0 Å². The molecular formula is C25H15IOS. The molecule has 28 heavy (non-hydrogen) atoms. The summed E-state index contributed by atoms with van der Waals surface area (Å²) >= 11 is 4.35. The Hall–Kier alpha value is -2.37. The lowest BCUT2D eigenvalue weighted by molar-refractivity contribution is 0.666. The zero-order valence-corrected chi connectivity index (χ0v) is 18.1. The number of rotatable bonds is 1. The first-order chi connectivity index (χ1) is 13.7. The maximum absolute atomic E-state index is 6.11. The number of benzene rings is 4. The largest absolute Gasteiger partial charge is 0.456 e. The van der Waals surface area contributed by atoms with Gasteiger partial charge in [-0.1, -0.05) is 42.5 Å². The molecule has 0 radical (unpaired) electrons. The van der Waals surface area contributed by atoms with E-state index in [0.29, 0.717) is 0 Å². The van der Waals surface area contributed by atoms with Gasteiger partial charge in [0, 0.05) is 34.5 Å². The first-order valence-corrected chi connectivity index (χ1v) is 11.1. The summed E-state index contributed by atoms with van der Waals surface area (Å²) in [4.78, 5) is 0. The van der Waals surface area contributed by atoms with Gasteiger partial charge in [0.1, 0.15) is 11.2 Å². The van der Waals surface area contributed by atoms with E-state index in [-0.39, 0.29) is 0 Å². The lowest BCUT2D eigenvalue weighted by Gasteiger charge is -2.05. The lowest BCUT2D eigenvalue weighted by Crippen LogP contribution is -1.81. The van der Waals surface area contributed by atoms with Crippen molar-refractivity contribution in [3.05, 3.63) is 81.9 Å². The van der Waals surface area contributed by atoms with Gasteiger partial charge in [-0.15, -0.1) is 11.3 Å². The number of furan rings is 1. The molecule has 0 saturated carbocycles. The van der Waals surface area contributed by atoms with Crippen molar-refractivity contribution >= 4 is 76.0 Å². The van der Waals surface area contributed by atoms with Crippen molar-refractivity contribution < 1.29 is 4.42 Å². The predicted octanol–water partition coefficient (Wildman–Crippen LogP) is 8.53. The summed E-state index contributed by atoms with van der Waals surface area (Å²) in [6, 6.07) is 26.2. The fraction of sp³-hybridized carbons (Fsp3) is 0.0400. The molecule has 2 heterocycles. The normalized spacial score (nSPS) is 11.9. The molecule has 3 heteroatoms. The van der Waals surface area contributed by atoms with Crippen LogP contribution in [0.3, 0.4) is 0 Å². The molecule has 0 amide bonds. The Bertz CT molecular complexity index is 1540. The Morgan fingerprint density at radius 1 is 0.750 bits per heavy atom. The molecule has 0 aliphatic rings. The summed E-state index contributed by atoms with van der Waals surface area (Å²) < 4.78 is 10.1. The van der Waals surface area contributed by atoms with E-state index in [0.717, 1.165) is 11.2 Å². The minimum Gasteiger partial charge on any atom is -0.456 e. The van der Waals surface area contributed by atoms with Crippen LogP contribution in [0, 0.1) is 10.5 Å². The first kappa shape index (κ1) is 16.6. The molecule has 2 aromatic heterocycles. The van der Waals surface area contributed by atoms with E-state index in [2.05, 4.69) is 102 Å². The van der Waals surface area contributed by atoms with Crippen molar-refractivity contribution in [2.24, 2.45) is 0 Å². The zero-order valence-electron chi connectivity index (χ0n) is 15.1. The van der Waals surface area contributed by atoms with E-state index < -0.39 is 0 Å². The molecule has 0 atom stereocenters. The van der Waals surface area contributed by atoms with E-state index in [9.17, 15) is 0 Å². The van der Waals surface area contributed by atoms with E-state index >= 15 is 0 Å². The number of thiophene rings is 1. The second-order valence-corrected chi connectivity index (χ2v) is 9.44. The van der Waals surface area contributed by atoms with Crippen LogP contribution >= 0.6 is 33.9 Å². The van der Waals surface area contributed by atoms with Crippen LogP contribution in [-0.2, 0) is 0 Å². The number of halogens is 1. The van der Waals surface area contributed by atoms with Crippen molar-refractivity contribution in [1.29, 1.82) is 0 Å². The maximum Gasteiger partial charge on any atom is 0.138 e. The third-order valence-corrected chi connectivity index (χ3v) is 7.43. The standard InChI is InChI=1S/C25H15IOS/c1-14-5-4-7-17-19-11-15(9-10-21(19)27-25(14)17)16-12-20(26)24-18-6-2-3-8-22(18)28-23(24)13-16/h2-13H,1H3. The van der Waals surface area contributed by atoms with Crippen LogP contribution in [0.15, 0.2) is 77.2 Å². The molecular weight excluding hydrogens is 475 g/mol.